The van der Waals surface area contributed by atoms with Gasteiger partial charge in [0.25, 0.3) is 5.91 Å². The minimum atomic E-state index is -4.59. The van der Waals surface area contributed by atoms with E-state index in [1.54, 1.807) is 4.90 Å². The summed E-state index contributed by atoms with van der Waals surface area (Å²) in [5.41, 5.74) is -1.03. The van der Waals surface area contributed by atoms with Crippen molar-refractivity contribution in [2.75, 3.05) is 31.6 Å². The maximum atomic E-state index is 12.8. The fraction of sp³-hybridized carbons (Fsp3) is 0.385. The van der Waals surface area contributed by atoms with Gasteiger partial charge in [0.2, 0.25) is 0 Å². The van der Waals surface area contributed by atoms with Gasteiger partial charge in [0.15, 0.2) is 4.99 Å². The van der Waals surface area contributed by atoms with E-state index in [9.17, 15) is 18.0 Å². The number of amides is 1. The number of carbonyl (C=O) groups is 1. The summed E-state index contributed by atoms with van der Waals surface area (Å²) in [7, 11) is 0. The fourth-order valence-electron chi connectivity index (χ4n) is 1.91. The van der Waals surface area contributed by atoms with Crippen LogP contribution in [0.2, 0.25) is 5.02 Å². The SMILES string of the molecule is O=C(Nc1ccc(Cl)c(C(F)(F)F)c1)C(=S)N1CCOCC1. The quantitative estimate of drug-likeness (QED) is 0.789. The second-order valence-corrected chi connectivity index (χ2v) is 5.34. The van der Waals surface area contributed by atoms with Crippen molar-refractivity contribution in [3.8, 4) is 0 Å². The third-order valence-corrected chi connectivity index (χ3v) is 3.80. The Morgan fingerprint density at radius 3 is 2.55 bits per heavy atom. The Labute approximate surface area is 135 Å². The average molecular weight is 353 g/mol. The number of anilines is 1. The normalized spacial score (nSPS) is 15.5. The Morgan fingerprint density at radius 1 is 1.32 bits per heavy atom. The van der Waals surface area contributed by atoms with Crippen molar-refractivity contribution in [1.29, 1.82) is 0 Å². The van der Waals surface area contributed by atoms with Crippen molar-refractivity contribution >= 4 is 40.4 Å². The van der Waals surface area contributed by atoms with E-state index in [2.05, 4.69) is 5.32 Å². The molecule has 1 fully saturated rings. The highest BCUT2D eigenvalue weighted by Crippen LogP contribution is 2.36. The summed E-state index contributed by atoms with van der Waals surface area (Å²) in [5, 5.41) is 1.93. The Bertz CT molecular complexity index is 589. The van der Waals surface area contributed by atoms with Crippen molar-refractivity contribution in [2.24, 2.45) is 0 Å². The van der Waals surface area contributed by atoms with Crippen molar-refractivity contribution < 1.29 is 22.7 Å². The van der Waals surface area contributed by atoms with Crippen LogP contribution in [0.1, 0.15) is 5.56 Å². The number of nitrogens with zero attached hydrogens (tertiary/aromatic N) is 1. The summed E-state index contributed by atoms with van der Waals surface area (Å²) in [6, 6.07) is 3.15. The molecule has 0 unspecified atom stereocenters. The molecule has 22 heavy (non-hydrogen) atoms. The van der Waals surface area contributed by atoms with Gasteiger partial charge >= 0.3 is 6.18 Å². The first-order valence-corrected chi connectivity index (χ1v) is 7.12. The summed E-state index contributed by atoms with van der Waals surface area (Å²) in [6.45, 7) is 1.85. The Kier molecular flexibility index (Phi) is 5.25. The van der Waals surface area contributed by atoms with E-state index in [4.69, 9.17) is 28.6 Å². The average Bonchev–Trinajstić information content (AvgIpc) is 2.48. The molecule has 1 saturated heterocycles. The van der Waals surface area contributed by atoms with E-state index >= 15 is 0 Å². The molecule has 1 aromatic carbocycles. The number of ether oxygens (including phenoxy) is 1. The van der Waals surface area contributed by atoms with E-state index < -0.39 is 22.7 Å². The van der Waals surface area contributed by atoms with Crippen molar-refractivity contribution in [3.63, 3.8) is 0 Å². The highest BCUT2D eigenvalue weighted by Gasteiger charge is 2.33. The number of alkyl halides is 3. The number of hydrogen-bond acceptors (Lipinski definition) is 3. The summed E-state index contributed by atoms with van der Waals surface area (Å²) in [6.07, 6.45) is -4.59. The zero-order valence-electron chi connectivity index (χ0n) is 11.2. The predicted molar refractivity (Wildman–Crippen MR) is 80.1 cm³/mol. The van der Waals surface area contributed by atoms with Gasteiger partial charge in [0.1, 0.15) is 0 Å². The Hall–Kier alpha value is -1.38. The van der Waals surface area contributed by atoms with Crippen LogP contribution in [0.3, 0.4) is 0 Å². The number of rotatable bonds is 1. The number of carbonyl (C=O) groups excluding carboxylic acids is 1. The minimum Gasteiger partial charge on any atom is -0.378 e. The van der Waals surface area contributed by atoms with Gasteiger partial charge in [-0.3, -0.25) is 4.79 Å². The van der Waals surface area contributed by atoms with E-state index in [-0.39, 0.29) is 10.7 Å². The van der Waals surface area contributed by atoms with E-state index in [1.165, 1.54) is 6.07 Å². The van der Waals surface area contributed by atoms with Crippen LogP contribution in [-0.2, 0) is 15.7 Å². The zero-order chi connectivity index (χ0) is 16.3. The number of nitrogens with one attached hydrogen (secondary N) is 1. The van der Waals surface area contributed by atoms with Gasteiger partial charge < -0.3 is 15.0 Å². The molecular weight excluding hydrogens is 341 g/mol. The molecule has 120 valence electrons. The van der Waals surface area contributed by atoms with E-state index in [1.807, 2.05) is 0 Å². The molecule has 9 heteroatoms. The molecule has 0 atom stereocenters. The third kappa shape index (κ3) is 4.08. The lowest BCUT2D eigenvalue weighted by atomic mass is 10.2. The van der Waals surface area contributed by atoms with Gasteiger partial charge in [-0.2, -0.15) is 13.2 Å². The molecule has 0 saturated carbocycles. The number of benzene rings is 1. The highest BCUT2D eigenvalue weighted by atomic mass is 35.5. The van der Waals surface area contributed by atoms with Crippen LogP contribution in [0.25, 0.3) is 0 Å². The second-order valence-electron chi connectivity index (χ2n) is 4.55. The van der Waals surface area contributed by atoms with Gasteiger partial charge in [-0.1, -0.05) is 23.8 Å². The van der Waals surface area contributed by atoms with Crippen LogP contribution in [-0.4, -0.2) is 42.1 Å². The zero-order valence-corrected chi connectivity index (χ0v) is 12.8. The van der Waals surface area contributed by atoms with Crippen molar-refractivity contribution in [3.05, 3.63) is 28.8 Å². The summed E-state index contributed by atoms with van der Waals surface area (Å²) in [5.74, 6) is -0.632. The lowest BCUT2D eigenvalue weighted by Gasteiger charge is -2.28. The molecule has 1 aliphatic rings. The van der Waals surface area contributed by atoms with Crippen LogP contribution in [0, 0.1) is 0 Å². The maximum Gasteiger partial charge on any atom is 0.417 e. The monoisotopic (exact) mass is 352 g/mol. The molecular formula is C13H12ClF3N2O2S. The molecule has 1 aromatic rings. The van der Waals surface area contributed by atoms with Crippen molar-refractivity contribution in [1.82, 2.24) is 4.90 Å². The van der Waals surface area contributed by atoms with Gasteiger partial charge in [-0.05, 0) is 18.2 Å². The third-order valence-electron chi connectivity index (χ3n) is 3.02. The van der Waals surface area contributed by atoms with Gasteiger partial charge in [-0.25, -0.2) is 0 Å². The van der Waals surface area contributed by atoms with Crippen LogP contribution in [0.15, 0.2) is 18.2 Å². The minimum absolute atomic E-state index is 0.0164. The first kappa shape index (κ1) is 17.0. The lowest BCUT2D eigenvalue weighted by Crippen LogP contribution is -2.44. The largest absolute Gasteiger partial charge is 0.417 e. The molecule has 1 N–H and O–H groups in total. The Morgan fingerprint density at radius 2 is 1.95 bits per heavy atom. The summed E-state index contributed by atoms with van der Waals surface area (Å²) in [4.78, 5) is 13.7. The predicted octanol–water partition coefficient (Wildman–Crippen LogP) is 2.96. The number of hydrogen-bond donors (Lipinski definition) is 1. The first-order valence-electron chi connectivity index (χ1n) is 6.34. The summed E-state index contributed by atoms with van der Waals surface area (Å²) >= 11 is 10.6. The summed E-state index contributed by atoms with van der Waals surface area (Å²) < 4.78 is 43.5. The molecule has 0 aromatic heterocycles. The number of halogens is 4. The number of thiocarbonyl (C=S) groups is 1. The van der Waals surface area contributed by atoms with E-state index in [0.29, 0.717) is 26.3 Å². The molecule has 2 rings (SSSR count). The second kappa shape index (κ2) is 6.80. The molecule has 1 aliphatic heterocycles. The van der Waals surface area contributed by atoms with Crippen molar-refractivity contribution in [2.45, 2.75) is 6.18 Å². The lowest BCUT2D eigenvalue weighted by molar-refractivity contribution is -0.137. The molecule has 0 aliphatic carbocycles. The highest BCUT2D eigenvalue weighted by molar-refractivity contribution is 7.82. The van der Waals surface area contributed by atoms with Gasteiger partial charge in [-0.15, -0.1) is 0 Å². The maximum absolute atomic E-state index is 12.8. The standard InChI is InChI=1S/C13H12ClF3N2O2S/c14-10-2-1-8(7-9(10)13(15,16)17)18-11(20)12(22)19-3-5-21-6-4-19/h1-2,7H,3-6H2,(H,18,20). The molecule has 1 amide bonds. The topological polar surface area (TPSA) is 41.6 Å². The molecule has 0 bridgehead atoms. The number of morpholine rings is 1. The van der Waals surface area contributed by atoms with Crippen LogP contribution in [0.5, 0.6) is 0 Å². The molecule has 1 heterocycles. The molecule has 0 spiro atoms. The smallest absolute Gasteiger partial charge is 0.378 e. The van der Waals surface area contributed by atoms with Crippen LogP contribution in [0.4, 0.5) is 18.9 Å². The van der Waals surface area contributed by atoms with Crippen LogP contribution >= 0.6 is 23.8 Å². The van der Waals surface area contributed by atoms with E-state index in [0.717, 1.165) is 12.1 Å². The molecule has 4 nitrogen and oxygen atoms in total. The van der Waals surface area contributed by atoms with Gasteiger partial charge in [0, 0.05) is 18.8 Å². The van der Waals surface area contributed by atoms with Gasteiger partial charge in [0.05, 0.1) is 23.8 Å². The van der Waals surface area contributed by atoms with Crippen LogP contribution < -0.4 is 5.32 Å². The first-order chi connectivity index (χ1) is 10.3. The Balaban J connectivity index is 2.10. The fourth-order valence-corrected chi connectivity index (χ4v) is 2.37. The molecule has 0 radical (unpaired) electrons.